The molecule has 2 unspecified atom stereocenters. The third-order valence-corrected chi connectivity index (χ3v) is 3.37. The van der Waals surface area contributed by atoms with Crippen LogP contribution in [0.3, 0.4) is 0 Å². The summed E-state index contributed by atoms with van der Waals surface area (Å²) in [6.45, 7) is 4.75. The molecule has 2 rings (SSSR count). The van der Waals surface area contributed by atoms with Crippen LogP contribution in [0.4, 0.5) is 0 Å². The Morgan fingerprint density at radius 3 is 3.11 bits per heavy atom. The van der Waals surface area contributed by atoms with E-state index < -0.39 is 0 Å². The van der Waals surface area contributed by atoms with Crippen molar-refractivity contribution in [2.75, 3.05) is 6.61 Å². The number of aliphatic hydroxyl groups excluding tert-OH is 1. The minimum atomic E-state index is -0.267. The van der Waals surface area contributed by atoms with Gasteiger partial charge < -0.3 is 15.4 Å². The number of fused-ring (bicyclic) bond motifs is 1. The number of aromatic amines is 1. The minimum Gasteiger partial charge on any atom is -0.394 e. The lowest BCUT2D eigenvalue weighted by Crippen LogP contribution is -2.51. The third-order valence-electron chi connectivity index (χ3n) is 3.37. The average Bonchev–Trinajstić information content (AvgIpc) is 2.84. The van der Waals surface area contributed by atoms with Crippen molar-refractivity contribution >= 4 is 5.91 Å². The van der Waals surface area contributed by atoms with Crippen LogP contribution < -0.4 is 10.6 Å². The van der Waals surface area contributed by atoms with E-state index in [-0.39, 0.29) is 24.6 Å². The van der Waals surface area contributed by atoms with Gasteiger partial charge in [-0.25, -0.2) is 4.98 Å². The van der Waals surface area contributed by atoms with Crippen molar-refractivity contribution < 1.29 is 9.90 Å². The molecule has 1 aliphatic rings. The molecule has 1 aromatic rings. The molecule has 0 aromatic carbocycles. The highest BCUT2D eigenvalue weighted by Gasteiger charge is 2.27. The first kappa shape index (κ1) is 14.0. The first-order valence-electron chi connectivity index (χ1n) is 6.76. The number of aliphatic hydroxyl groups is 1. The molecule has 0 spiro atoms. The van der Waals surface area contributed by atoms with Crippen LogP contribution in [0.2, 0.25) is 0 Å². The van der Waals surface area contributed by atoms with Gasteiger partial charge in [-0.1, -0.05) is 13.8 Å². The Morgan fingerprint density at radius 2 is 2.42 bits per heavy atom. The standard InChI is InChI=1S/C13H22N4O2/c1-8(2)3-9(6-18)17-13(19)11-4-10-12(5-14-11)16-7-15-10/h7-9,11,14,18H,3-6H2,1-2H3,(H,15,16)(H,17,19). The number of amides is 1. The van der Waals surface area contributed by atoms with Crippen molar-refractivity contribution in [2.24, 2.45) is 5.92 Å². The molecule has 106 valence electrons. The Hall–Kier alpha value is -1.40. The summed E-state index contributed by atoms with van der Waals surface area (Å²) < 4.78 is 0. The number of H-pyrrole nitrogens is 1. The summed E-state index contributed by atoms with van der Waals surface area (Å²) in [4.78, 5) is 19.4. The van der Waals surface area contributed by atoms with E-state index in [1.54, 1.807) is 6.33 Å². The number of aromatic nitrogens is 2. The molecule has 2 atom stereocenters. The summed E-state index contributed by atoms with van der Waals surface area (Å²) in [6.07, 6.45) is 3.02. The van der Waals surface area contributed by atoms with E-state index in [9.17, 15) is 9.90 Å². The molecule has 1 aliphatic heterocycles. The molecular formula is C13H22N4O2. The smallest absolute Gasteiger partial charge is 0.237 e. The van der Waals surface area contributed by atoms with Crippen LogP contribution in [0.25, 0.3) is 0 Å². The maximum atomic E-state index is 12.2. The number of hydrogen-bond acceptors (Lipinski definition) is 4. The van der Waals surface area contributed by atoms with Gasteiger partial charge >= 0.3 is 0 Å². The zero-order chi connectivity index (χ0) is 13.8. The molecule has 0 fully saturated rings. The lowest BCUT2D eigenvalue weighted by molar-refractivity contribution is -0.124. The highest BCUT2D eigenvalue weighted by Crippen LogP contribution is 2.12. The second-order valence-corrected chi connectivity index (χ2v) is 5.48. The minimum absolute atomic E-state index is 0.0235. The Morgan fingerprint density at radius 1 is 1.63 bits per heavy atom. The van der Waals surface area contributed by atoms with E-state index >= 15 is 0 Å². The van der Waals surface area contributed by atoms with Gasteiger partial charge in [0.1, 0.15) is 0 Å². The highest BCUT2D eigenvalue weighted by molar-refractivity contribution is 5.82. The van der Waals surface area contributed by atoms with Gasteiger partial charge in [0, 0.05) is 13.0 Å². The summed E-state index contributed by atoms with van der Waals surface area (Å²) in [7, 11) is 0. The quantitative estimate of drug-likeness (QED) is 0.601. The van der Waals surface area contributed by atoms with Gasteiger partial charge in [0.15, 0.2) is 0 Å². The van der Waals surface area contributed by atoms with Gasteiger partial charge in [0.05, 0.1) is 36.4 Å². The summed E-state index contributed by atoms with van der Waals surface area (Å²) in [5, 5.41) is 15.4. The van der Waals surface area contributed by atoms with Crippen LogP contribution in [0.5, 0.6) is 0 Å². The summed E-state index contributed by atoms with van der Waals surface area (Å²) in [6, 6.07) is -0.438. The van der Waals surface area contributed by atoms with Crippen molar-refractivity contribution in [3.63, 3.8) is 0 Å². The fourth-order valence-corrected chi connectivity index (χ4v) is 2.40. The third kappa shape index (κ3) is 3.54. The first-order valence-corrected chi connectivity index (χ1v) is 6.76. The lowest BCUT2D eigenvalue weighted by Gasteiger charge is -2.25. The molecule has 6 nitrogen and oxygen atoms in total. The second-order valence-electron chi connectivity index (χ2n) is 5.48. The first-order chi connectivity index (χ1) is 9.10. The van der Waals surface area contributed by atoms with Gasteiger partial charge in [-0.15, -0.1) is 0 Å². The number of nitrogens with zero attached hydrogens (tertiary/aromatic N) is 1. The summed E-state index contributed by atoms with van der Waals surface area (Å²) in [5.41, 5.74) is 1.99. The number of carbonyl (C=O) groups excluding carboxylic acids is 1. The van der Waals surface area contributed by atoms with Crippen molar-refractivity contribution in [1.82, 2.24) is 20.6 Å². The molecule has 2 heterocycles. The summed E-state index contributed by atoms with van der Waals surface area (Å²) >= 11 is 0. The lowest BCUT2D eigenvalue weighted by atomic mass is 10.0. The Kier molecular flexibility index (Phi) is 4.55. The van der Waals surface area contributed by atoms with Crippen molar-refractivity contribution in [3.8, 4) is 0 Å². The summed E-state index contributed by atoms with van der Waals surface area (Å²) in [5.74, 6) is 0.378. The van der Waals surface area contributed by atoms with Gasteiger partial charge in [-0.3, -0.25) is 10.1 Å². The highest BCUT2D eigenvalue weighted by atomic mass is 16.3. The predicted octanol–water partition coefficient (Wildman–Crippen LogP) is -0.0528. The molecule has 0 bridgehead atoms. The maximum Gasteiger partial charge on any atom is 0.237 e. The Labute approximate surface area is 113 Å². The van der Waals surface area contributed by atoms with Crippen LogP contribution in [0.15, 0.2) is 6.33 Å². The van der Waals surface area contributed by atoms with E-state index in [0.717, 1.165) is 17.8 Å². The average molecular weight is 266 g/mol. The van der Waals surface area contributed by atoms with E-state index in [1.165, 1.54) is 0 Å². The fraction of sp³-hybridized carbons (Fsp3) is 0.692. The van der Waals surface area contributed by atoms with Crippen LogP contribution in [0.1, 0.15) is 31.7 Å². The van der Waals surface area contributed by atoms with Crippen LogP contribution in [-0.2, 0) is 17.8 Å². The van der Waals surface area contributed by atoms with Gasteiger partial charge in [-0.05, 0) is 12.3 Å². The molecule has 1 amide bonds. The molecule has 4 N–H and O–H groups in total. The zero-order valence-corrected chi connectivity index (χ0v) is 11.4. The van der Waals surface area contributed by atoms with Gasteiger partial charge in [0.25, 0.3) is 0 Å². The molecule has 0 aliphatic carbocycles. The van der Waals surface area contributed by atoms with Gasteiger partial charge in [-0.2, -0.15) is 0 Å². The van der Waals surface area contributed by atoms with Crippen molar-refractivity contribution in [3.05, 3.63) is 17.7 Å². The molecule has 6 heteroatoms. The topological polar surface area (TPSA) is 90.0 Å². The molecule has 0 radical (unpaired) electrons. The zero-order valence-electron chi connectivity index (χ0n) is 11.4. The molecule has 19 heavy (non-hydrogen) atoms. The number of nitrogens with one attached hydrogen (secondary N) is 3. The largest absolute Gasteiger partial charge is 0.394 e. The second kappa shape index (κ2) is 6.16. The molecule has 1 aromatic heterocycles. The van der Waals surface area contributed by atoms with Crippen LogP contribution in [-0.4, -0.2) is 39.7 Å². The predicted molar refractivity (Wildman–Crippen MR) is 71.4 cm³/mol. The number of carbonyl (C=O) groups is 1. The Bertz CT molecular complexity index is 430. The maximum absolute atomic E-state index is 12.2. The molecule has 0 saturated heterocycles. The fourth-order valence-electron chi connectivity index (χ4n) is 2.40. The Balaban J connectivity index is 1.90. The number of hydrogen-bond donors (Lipinski definition) is 4. The monoisotopic (exact) mass is 266 g/mol. The van der Waals surface area contributed by atoms with E-state index in [0.29, 0.717) is 18.9 Å². The SMILES string of the molecule is CC(C)CC(CO)NC(=O)C1Cc2nc[nH]c2CN1. The molecular weight excluding hydrogens is 244 g/mol. The van der Waals surface area contributed by atoms with E-state index in [4.69, 9.17) is 0 Å². The molecule has 0 saturated carbocycles. The number of imidazole rings is 1. The van der Waals surface area contributed by atoms with Gasteiger partial charge in [0.2, 0.25) is 5.91 Å². The van der Waals surface area contributed by atoms with Crippen LogP contribution >= 0.6 is 0 Å². The normalized spacial score (nSPS) is 20.1. The van der Waals surface area contributed by atoms with E-state index in [2.05, 4.69) is 34.4 Å². The number of rotatable bonds is 5. The van der Waals surface area contributed by atoms with E-state index in [1.807, 2.05) is 0 Å². The van der Waals surface area contributed by atoms with Crippen molar-refractivity contribution in [2.45, 2.75) is 45.3 Å². The van der Waals surface area contributed by atoms with Crippen LogP contribution in [0, 0.1) is 5.92 Å². The van der Waals surface area contributed by atoms with Crippen molar-refractivity contribution in [1.29, 1.82) is 0 Å².